The number of nitrogens with zero attached hydrogens (tertiary/aromatic N) is 1. The smallest absolute Gasteiger partial charge is 0.223 e. The van der Waals surface area contributed by atoms with Gasteiger partial charge in [0.15, 0.2) is 0 Å². The van der Waals surface area contributed by atoms with Gasteiger partial charge in [-0.3, -0.25) is 4.79 Å². The van der Waals surface area contributed by atoms with Crippen molar-refractivity contribution < 1.29 is 4.79 Å². The van der Waals surface area contributed by atoms with Gasteiger partial charge < -0.3 is 4.90 Å². The molecule has 0 spiro atoms. The highest BCUT2D eigenvalue weighted by Crippen LogP contribution is 2.15. The third-order valence-corrected chi connectivity index (χ3v) is 2.97. The van der Waals surface area contributed by atoms with E-state index in [0.717, 1.165) is 25.3 Å². The predicted octanol–water partition coefficient (Wildman–Crippen LogP) is 1.58. The standard InChI is InChI=1S/C8H14ClNOS/c1-12-5-3-8(11)10-4-2-7(9)6-10/h7H,2-6H2,1H3. The van der Waals surface area contributed by atoms with E-state index < -0.39 is 0 Å². The maximum absolute atomic E-state index is 11.4. The van der Waals surface area contributed by atoms with Crippen molar-refractivity contribution >= 4 is 29.3 Å². The Hall–Kier alpha value is 0.110. The van der Waals surface area contributed by atoms with E-state index in [1.165, 1.54) is 0 Å². The van der Waals surface area contributed by atoms with E-state index in [1.54, 1.807) is 11.8 Å². The van der Waals surface area contributed by atoms with Gasteiger partial charge in [-0.2, -0.15) is 11.8 Å². The van der Waals surface area contributed by atoms with Crippen LogP contribution < -0.4 is 0 Å². The molecule has 2 nitrogen and oxygen atoms in total. The molecule has 0 aliphatic carbocycles. The van der Waals surface area contributed by atoms with E-state index in [0.29, 0.717) is 6.42 Å². The van der Waals surface area contributed by atoms with Crippen LogP contribution in [0, 0.1) is 0 Å². The Morgan fingerprint density at radius 3 is 3.00 bits per heavy atom. The van der Waals surface area contributed by atoms with Crippen LogP contribution in [-0.2, 0) is 4.79 Å². The minimum atomic E-state index is 0.184. The Bertz CT molecular complexity index is 165. The lowest BCUT2D eigenvalue weighted by Gasteiger charge is -2.14. The molecule has 0 aromatic carbocycles. The van der Waals surface area contributed by atoms with Crippen LogP contribution in [-0.4, -0.2) is 41.3 Å². The highest BCUT2D eigenvalue weighted by Gasteiger charge is 2.23. The van der Waals surface area contributed by atoms with Crippen LogP contribution in [0.5, 0.6) is 0 Å². The van der Waals surface area contributed by atoms with Crippen molar-refractivity contribution in [3.05, 3.63) is 0 Å². The van der Waals surface area contributed by atoms with Gasteiger partial charge in [0.2, 0.25) is 5.91 Å². The van der Waals surface area contributed by atoms with Crippen LogP contribution in [0.1, 0.15) is 12.8 Å². The average molecular weight is 208 g/mol. The van der Waals surface area contributed by atoms with E-state index in [9.17, 15) is 4.79 Å². The van der Waals surface area contributed by atoms with E-state index in [-0.39, 0.29) is 11.3 Å². The Kier molecular flexibility index (Phi) is 4.22. The molecule has 0 aromatic rings. The van der Waals surface area contributed by atoms with Crippen LogP contribution in [0.15, 0.2) is 0 Å². The predicted molar refractivity (Wildman–Crippen MR) is 53.8 cm³/mol. The molecule has 1 aliphatic rings. The number of rotatable bonds is 3. The van der Waals surface area contributed by atoms with E-state index in [1.807, 2.05) is 11.2 Å². The highest BCUT2D eigenvalue weighted by atomic mass is 35.5. The van der Waals surface area contributed by atoms with Crippen molar-refractivity contribution in [2.75, 3.05) is 25.1 Å². The second-order valence-electron chi connectivity index (χ2n) is 2.97. The van der Waals surface area contributed by atoms with Crippen LogP contribution in [0.2, 0.25) is 0 Å². The maximum atomic E-state index is 11.4. The van der Waals surface area contributed by atoms with E-state index in [4.69, 9.17) is 11.6 Å². The fourth-order valence-electron chi connectivity index (χ4n) is 1.29. The number of amides is 1. The van der Waals surface area contributed by atoms with Crippen LogP contribution in [0.3, 0.4) is 0 Å². The van der Waals surface area contributed by atoms with Gasteiger partial charge in [-0.25, -0.2) is 0 Å². The summed E-state index contributed by atoms with van der Waals surface area (Å²) in [4.78, 5) is 13.3. The van der Waals surface area contributed by atoms with Crippen LogP contribution >= 0.6 is 23.4 Å². The topological polar surface area (TPSA) is 20.3 Å². The molecule has 1 amide bonds. The molecule has 0 aromatic heterocycles. The molecule has 12 heavy (non-hydrogen) atoms. The van der Waals surface area contributed by atoms with Gasteiger partial charge in [-0.15, -0.1) is 11.6 Å². The zero-order valence-corrected chi connectivity index (χ0v) is 8.83. The Morgan fingerprint density at radius 2 is 2.50 bits per heavy atom. The molecular weight excluding hydrogens is 194 g/mol. The molecule has 1 unspecified atom stereocenters. The summed E-state index contributed by atoms with van der Waals surface area (Å²) in [7, 11) is 0. The molecule has 1 rings (SSSR count). The van der Waals surface area contributed by atoms with Crippen LogP contribution in [0.25, 0.3) is 0 Å². The van der Waals surface area contributed by atoms with Crippen molar-refractivity contribution in [1.82, 2.24) is 4.90 Å². The highest BCUT2D eigenvalue weighted by molar-refractivity contribution is 7.98. The first kappa shape index (κ1) is 10.2. The zero-order valence-electron chi connectivity index (χ0n) is 7.25. The normalized spacial score (nSPS) is 23.2. The Labute approximate surface area is 82.6 Å². The lowest BCUT2D eigenvalue weighted by Crippen LogP contribution is -2.28. The second-order valence-corrected chi connectivity index (χ2v) is 4.57. The summed E-state index contributed by atoms with van der Waals surface area (Å²) in [6, 6.07) is 0. The fraction of sp³-hybridized carbons (Fsp3) is 0.875. The molecule has 0 radical (unpaired) electrons. The molecule has 4 heteroatoms. The first-order valence-corrected chi connectivity index (χ1v) is 5.98. The number of carbonyl (C=O) groups excluding carboxylic acids is 1. The monoisotopic (exact) mass is 207 g/mol. The number of thioether (sulfide) groups is 1. The second kappa shape index (κ2) is 4.97. The fourth-order valence-corrected chi connectivity index (χ4v) is 1.93. The van der Waals surface area contributed by atoms with Crippen LogP contribution in [0.4, 0.5) is 0 Å². The summed E-state index contributed by atoms with van der Waals surface area (Å²) in [5.74, 6) is 1.18. The van der Waals surface area contributed by atoms with E-state index >= 15 is 0 Å². The summed E-state index contributed by atoms with van der Waals surface area (Å²) in [6.45, 7) is 1.59. The third kappa shape index (κ3) is 2.87. The number of halogens is 1. The molecule has 1 saturated heterocycles. The van der Waals surface area contributed by atoms with Gasteiger partial charge in [0.1, 0.15) is 0 Å². The van der Waals surface area contributed by atoms with Crippen molar-refractivity contribution in [1.29, 1.82) is 0 Å². The molecule has 0 N–H and O–H groups in total. The molecule has 0 saturated carbocycles. The number of carbonyl (C=O) groups is 1. The third-order valence-electron chi connectivity index (χ3n) is 2.00. The molecule has 70 valence electrons. The first-order valence-electron chi connectivity index (χ1n) is 4.15. The van der Waals surface area contributed by atoms with Gasteiger partial charge in [-0.1, -0.05) is 0 Å². The van der Waals surface area contributed by atoms with Crippen molar-refractivity contribution in [2.45, 2.75) is 18.2 Å². The first-order chi connectivity index (χ1) is 5.74. The number of hydrogen-bond donors (Lipinski definition) is 0. The number of likely N-dealkylation sites (tertiary alicyclic amines) is 1. The van der Waals surface area contributed by atoms with Gasteiger partial charge in [0.05, 0.1) is 5.38 Å². The summed E-state index contributed by atoms with van der Waals surface area (Å²) >= 11 is 7.59. The van der Waals surface area contributed by atoms with E-state index in [2.05, 4.69) is 0 Å². The lowest BCUT2D eigenvalue weighted by molar-refractivity contribution is -0.129. The molecule has 1 atom stereocenters. The summed E-state index contributed by atoms with van der Waals surface area (Å²) in [6.07, 6.45) is 3.62. The number of alkyl halides is 1. The van der Waals surface area contributed by atoms with Crippen molar-refractivity contribution in [2.24, 2.45) is 0 Å². The Balaban J connectivity index is 2.23. The van der Waals surface area contributed by atoms with Gasteiger partial charge >= 0.3 is 0 Å². The van der Waals surface area contributed by atoms with Gasteiger partial charge in [0.25, 0.3) is 0 Å². The number of hydrogen-bond acceptors (Lipinski definition) is 2. The summed E-state index contributed by atoms with van der Waals surface area (Å²) < 4.78 is 0. The van der Waals surface area contributed by atoms with Gasteiger partial charge in [0, 0.05) is 25.3 Å². The maximum Gasteiger partial charge on any atom is 0.223 e. The summed E-state index contributed by atoms with van der Waals surface area (Å²) in [5, 5.41) is 0.184. The lowest BCUT2D eigenvalue weighted by atomic mass is 10.4. The summed E-state index contributed by atoms with van der Waals surface area (Å²) in [5.41, 5.74) is 0. The van der Waals surface area contributed by atoms with Crippen molar-refractivity contribution in [3.63, 3.8) is 0 Å². The molecular formula is C8H14ClNOS. The minimum absolute atomic E-state index is 0.184. The largest absolute Gasteiger partial charge is 0.341 e. The molecule has 0 bridgehead atoms. The molecule has 1 aliphatic heterocycles. The minimum Gasteiger partial charge on any atom is -0.341 e. The molecule has 1 heterocycles. The quantitative estimate of drug-likeness (QED) is 0.655. The average Bonchev–Trinajstić information content (AvgIpc) is 2.47. The van der Waals surface area contributed by atoms with Gasteiger partial charge in [-0.05, 0) is 12.7 Å². The zero-order chi connectivity index (χ0) is 8.97. The SMILES string of the molecule is CSCCC(=O)N1CCC(Cl)C1. The Morgan fingerprint density at radius 1 is 1.75 bits per heavy atom. The van der Waals surface area contributed by atoms with Crippen molar-refractivity contribution in [3.8, 4) is 0 Å². The molecule has 1 fully saturated rings.